The molecule has 0 saturated heterocycles. The summed E-state index contributed by atoms with van der Waals surface area (Å²) in [5.74, 6) is -5.64. The van der Waals surface area contributed by atoms with Crippen LogP contribution in [0.3, 0.4) is 0 Å². The van der Waals surface area contributed by atoms with Crippen LogP contribution >= 0.6 is 11.6 Å². The number of amides is 2. The molecular weight excluding hydrogens is 521 g/mol. The fraction of sp³-hybridized carbons (Fsp3) is 0.286. The largest absolute Gasteiger partial charge is 0.393 e. The number of hydrogen-bond donors (Lipinski definition) is 3. The average Bonchev–Trinajstić information content (AvgIpc) is 3.75. The lowest BCUT2D eigenvalue weighted by molar-refractivity contribution is -0.205. The Kier molecular flexibility index (Phi) is 6.71. The minimum absolute atomic E-state index is 0.0233. The molecule has 1 fully saturated rings. The lowest BCUT2D eigenvalue weighted by atomic mass is 9.86. The fourth-order valence-electron chi connectivity index (χ4n) is 4.81. The number of halogens is 4. The predicted octanol–water partition coefficient (Wildman–Crippen LogP) is 5.47. The molecule has 1 aliphatic heterocycles. The summed E-state index contributed by atoms with van der Waals surface area (Å²) in [6.45, 7) is -1.82. The number of aliphatic hydroxyl groups excluding tert-OH is 1. The third-order valence-corrected chi connectivity index (χ3v) is 7.35. The molecule has 5 rings (SSSR count). The third-order valence-electron chi connectivity index (χ3n) is 7.11. The minimum Gasteiger partial charge on any atom is -0.393 e. The number of nitrogens with zero attached hydrogens (tertiary/aromatic N) is 1. The van der Waals surface area contributed by atoms with E-state index in [2.05, 4.69) is 5.32 Å². The van der Waals surface area contributed by atoms with Gasteiger partial charge in [0, 0.05) is 34.7 Å². The molecule has 2 aliphatic rings. The van der Waals surface area contributed by atoms with E-state index in [0.717, 1.165) is 35.4 Å². The van der Waals surface area contributed by atoms with Crippen LogP contribution in [0.15, 0.2) is 60.7 Å². The molecule has 198 valence electrons. The lowest BCUT2D eigenvalue weighted by Crippen LogP contribution is -2.48. The molecule has 3 aromatic carbocycles. The zero-order chi connectivity index (χ0) is 27.2. The second-order valence-electron chi connectivity index (χ2n) is 9.60. The monoisotopic (exact) mass is 544 g/mol. The molecule has 1 atom stereocenters. The summed E-state index contributed by atoms with van der Waals surface area (Å²) in [6, 6.07) is 14.3. The second-order valence-corrected chi connectivity index (χ2v) is 10.0. The number of rotatable bonds is 5. The van der Waals surface area contributed by atoms with Gasteiger partial charge in [-0.3, -0.25) is 9.59 Å². The Bertz CT molecular complexity index is 1430. The van der Waals surface area contributed by atoms with Crippen LogP contribution in [-0.4, -0.2) is 41.1 Å². The van der Waals surface area contributed by atoms with Crippen molar-refractivity contribution in [3.63, 3.8) is 0 Å². The van der Waals surface area contributed by atoms with Gasteiger partial charge in [0.05, 0.1) is 18.0 Å². The molecule has 0 aromatic heterocycles. The molecular formula is C28H24ClF3N2O4. The number of hydrogen-bond acceptors (Lipinski definition) is 4. The normalized spacial score (nSPS) is 20.4. The topological polar surface area (TPSA) is 89.9 Å². The van der Waals surface area contributed by atoms with Crippen LogP contribution in [0.25, 0.3) is 0 Å². The Morgan fingerprint density at radius 3 is 2.50 bits per heavy atom. The number of nitrogens with one attached hydrogen (secondary N) is 1. The third kappa shape index (κ3) is 4.55. The summed E-state index contributed by atoms with van der Waals surface area (Å²) >= 11 is 5.98. The molecule has 1 saturated carbocycles. The van der Waals surface area contributed by atoms with Gasteiger partial charge in [-0.25, -0.2) is 13.2 Å². The van der Waals surface area contributed by atoms with E-state index in [1.165, 1.54) is 24.3 Å². The molecule has 2 amide bonds. The lowest BCUT2D eigenvalue weighted by Gasteiger charge is -2.33. The van der Waals surface area contributed by atoms with Gasteiger partial charge in [0.25, 0.3) is 17.7 Å². The highest BCUT2D eigenvalue weighted by Crippen LogP contribution is 2.47. The van der Waals surface area contributed by atoms with Crippen molar-refractivity contribution in [1.82, 2.24) is 0 Å². The van der Waals surface area contributed by atoms with E-state index in [1.807, 2.05) is 12.1 Å². The molecule has 10 heteroatoms. The van der Waals surface area contributed by atoms with Gasteiger partial charge in [-0.15, -0.1) is 0 Å². The van der Waals surface area contributed by atoms with Crippen molar-refractivity contribution in [1.29, 1.82) is 0 Å². The SMILES string of the molecule is O=C(Nc1ccc(C(=O)N2CCC(F)(F)[C@](O)(CO)c3cc(Cl)ccc32)cc1F)c1ccccc1C1CC1. The maximum absolute atomic E-state index is 15.1. The van der Waals surface area contributed by atoms with Crippen LogP contribution in [0.1, 0.15) is 57.0 Å². The van der Waals surface area contributed by atoms with Crippen LogP contribution < -0.4 is 10.2 Å². The molecule has 1 heterocycles. The van der Waals surface area contributed by atoms with E-state index in [4.69, 9.17) is 11.6 Å². The van der Waals surface area contributed by atoms with Crippen molar-refractivity contribution in [2.75, 3.05) is 23.4 Å². The van der Waals surface area contributed by atoms with Crippen LogP contribution in [0.2, 0.25) is 5.02 Å². The molecule has 1 aliphatic carbocycles. The van der Waals surface area contributed by atoms with E-state index in [-0.39, 0.29) is 22.0 Å². The molecule has 0 bridgehead atoms. The zero-order valence-electron chi connectivity index (χ0n) is 20.1. The highest BCUT2D eigenvalue weighted by molar-refractivity contribution is 6.30. The second kappa shape index (κ2) is 9.72. The highest BCUT2D eigenvalue weighted by atomic mass is 35.5. The first-order valence-electron chi connectivity index (χ1n) is 12.1. The van der Waals surface area contributed by atoms with E-state index in [0.29, 0.717) is 11.5 Å². The Morgan fingerprint density at radius 1 is 1.08 bits per heavy atom. The first-order valence-corrected chi connectivity index (χ1v) is 12.5. The van der Waals surface area contributed by atoms with Crippen LogP contribution in [0.4, 0.5) is 24.5 Å². The Morgan fingerprint density at radius 2 is 1.82 bits per heavy atom. The van der Waals surface area contributed by atoms with Gasteiger partial charge in [-0.1, -0.05) is 29.8 Å². The zero-order valence-corrected chi connectivity index (χ0v) is 20.8. The maximum Gasteiger partial charge on any atom is 0.284 e. The van der Waals surface area contributed by atoms with Crippen LogP contribution in [-0.2, 0) is 5.60 Å². The van der Waals surface area contributed by atoms with Gasteiger partial charge in [-0.05, 0) is 66.8 Å². The van der Waals surface area contributed by atoms with Gasteiger partial charge >= 0.3 is 0 Å². The van der Waals surface area contributed by atoms with E-state index in [1.54, 1.807) is 12.1 Å². The van der Waals surface area contributed by atoms with Crippen molar-refractivity contribution in [2.24, 2.45) is 0 Å². The quantitative estimate of drug-likeness (QED) is 0.397. The smallest absolute Gasteiger partial charge is 0.284 e. The summed E-state index contributed by atoms with van der Waals surface area (Å²) in [5.41, 5.74) is -2.41. The summed E-state index contributed by atoms with van der Waals surface area (Å²) in [7, 11) is 0. The number of aliphatic hydroxyl groups is 2. The van der Waals surface area contributed by atoms with Gasteiger partial charge in [0.1, 0.15) is 5.82 Å². The summed E-state index contributed by atoms with van der Waals surface area (Å²) in [4.78, 5) is 27.2. The Balaban J connectivity index is 1.44. The number of alkyl halides is 2. The van der Waals surface area contributed by atoms with Crippen molar-refractivity contribution >= 4 is 34.8 Å². The molecule has 3 N–H and O–H groups in total. The summed E-state index contributed by atoms with van der Waals surface area (Å²) < 4.78 is 44.9. The first kappa shape index (κ1) is 26.2. The van der Waals surface area contributed by atoms with Gasteiger partial charge in [0.2, 0.25) is 0 Å². The number of carbonyl (C=O) groups excluding carboxylic acids is 2. The number of anilines is 2. The van der Waals surface area contributed by atoms with Crippen molar-refractivity contribution in [2.45, 2.75) is 36.7 Å². The average molecular weight is 545 g/mol. The van der Waals surface area contributed by atoms with Crippen LogP contribution in [0, 0.1) is 5.82 Å². The molecule has 0 radical (unpaired) electrons. The molecule has 38 heavy (non-hydrogen) atoms. The molecule has 0 spiro atoms. The van der Waals surface area contributed by atoms with Crippen molar-refractivity contribution in [3.8, 4) is 0 Å². The predicted molar refractivity (Wildman–Crippen MR) is 136 cm³/mol. The van der Waals surface area contributed by atoms with E-state index in [9.17, 15) is 28.6 Å². The molecule has 6 nitrogen and oxygen atoms in total. The number of fused-ring (bicyclic) bond motifs is 1. The van der Waals surface area contributed by atoms with Crippen molar-refractivity contribution < 1.29 is 33.0 Å². The van der Waals surface area contributed by atoms with Crippen LogP contribution in [0.5, 0.6) is 0 Å². The van der Waals surface area contributed by atoms with E-state index >= 15 is 4.39 Å². The van der Waals surface area contributed by atoms with Gasteiger partial charge in [0.15, 0.2) is 5.60 Å². The van der Waals surface area contributed by atoms with Crippen molar-refractivity contribution in [3.05, 3.63) is 93.8 Å². The number of benzene rings is 3. The standard InChI is InChI=1S/C28H24ClF3N2O4/c29-18-8-10-24-21(14-18)27(38,15-35)28(31,32)11-12-34(24)26(37)17-7-9-23(22(30)13-17)33-25(36)20-4-2-1-3-19(20)16-5-6-16/h1-4,7-10,13-14,16,35,38H,5-6,11-12,15H2,(H,33,36)/t27-/m0/s1. The van der Waals surface area contributed by atoms with Gasteiger partial charge in [-0.2, -0.15) is 0 Å². The minimum atomic E-state index is -3.79. The van der Waals surface area contributed by atoms with Gasteiger partial charge < -0.3 is 20.4 Å². The molecule has 0 unspecified atom stereocenters. The summed E-state index contributed by atoms with van der Waals surface area (Å²) in [5, 5.41) is 23.0. The Hall–Kier alpha value is -3.40. The maximum atomic E-state index is 15.1. The van der Waals surface area contributed by atoms with E-state index < -0.39 is 54.3 Å². The molecule has 3 aromatic rings. The number of carbonyl (C=O) groups is 2. The highest BCUT2D eigenvalue weighted by Gasteiger charge is 2.56. The Labute approximate surface area is 221 Å². The fourth-order valence-corrected chi connectivity index (χ4v) is 4.98. The first-order chi connectivity index (χ1) is 18.1. The summed E-state index contributed by atoms with van der Waals surface area (Å²) in [6.07, 6.45) is 1.02.